The number of carbonyl (C=O) groups is 1. The predicted octanol–water partition coefficient (Wildman–Crippen LogP) is 4.55. The van der Waals surface area contributed by atoms with Gasteiger partial charge in [0, 0.05) is 36.7 Å². The van der Waals surface area contributed by atoms with Crippen molar-refractivity contribution in [1.82, 2.24) is 20.0 Å². The van der Waals surface area contributed by atoms with Crippen LogP contribution in [0.2, 0.25) is 0 Å². The van der Waals surface area contributed by atoms with Crippen LogP contribution >= 0.6 is 0 Å². The normalized spacial score (nSPS) is 11.8. The van der Waals surface area contributed by atoms with E-state index in [1.807, 2.05) is 0 Å². The number of amides is 1. The average molecular weight is 620 g/mol. The zero-order valence-electron chi connectivity index (χ0n) is 23.5. The van der Waals surface area contributed by atoms with Crippen LogP contribution in [-0.2, 0) is 16.6 Å². The molecular formula is C30H23F2N5O6S. The second-order valence-corrected chi connectivity index (χ2v) is 11.9. The minimum Gasteiger partial charge on any atom is -0.455 e. The Morgan fingerprint density at radius 2 is 1.75 bits per heavy atom. The number of hydrogen-bond donors (Lipinski definition) is 1. The van der Waals surface area contributed by atoms with Crippen molar-refractivity contribution < 1.29 is 30.9 Å². The van der Waals surface area contributed by atoms with E-state index in [1.165, 1.54) is 62.6 Å². The SMILES string of the molecule is CNC(=O)c1c(-c2ccc(F)cc2)oc2cc(N(C)S(C)(=O)=O)c(-c3ccc4on(Cc5ccc(F)cn5)c(=O)c4n3)cc12. The summed E-state index contributed by atoms with van der Waals surface area (Å²) < 4.78 is 66.1. The molecule has 0 aliphatic rings. The number of sulfonamides is 1. The Morgan fingerprint density at radius 3 is 2.41 bits per heavy atom. The maximum Gasteiger partial charge on any atom is 0.309 e. The molecular weight excluding hydrogens is 596 g/mol. The maximum atomic E-state index is 13.7. The molecule has 2 aromatic carbocycles. The van der Waals surface area contributed by atoms with Crippen molar-refractivity contribution in [2.75, 3.05) is 24.7 Å². The van der Waals surface area contributed by atoms with Gasteiger partial charge in [-0.15, -0.1) is 0 Å². The third-order valence-electron chi connectivity index (χ3n) is 7.07. The molecule has 0 aliphatic heterocycles. The van der Waals surface area contributed by atoms with Gasteiger partial charge in [0.25, 0.3) is 5.91 Å². The summed E-state index contributed by atoms with van der Waals surface area (Å²) in [6, 6.07) is 14.1. The lowest BCUT2D eigenvalue weighted by molar-refractivity contribution is 0.0964. The summed E-state index contributed by atoms with van der Waals surface area (Å²) in [5.41, 5.74) is 1.32. The summed E-state index contributed by atoms with van der Waals surface area (Å²) >= 11 is 0. The van der Waals surface area contributed by atoms with Crippen LogP contribution in [-0.4, -0.2) is 49.4 Å². The van der Waals surface area contributed by atoms with Crippen molar-refractivity contribution in [3.05, 3.63) is 100 Å². The maximum absolute atomic E-state index is 13.7. The van der Waals surface area contributed by atoms with Gasteiger partial charge in [0.15, 0.2) is 11.1 Å². The molecule has 1 N–H and O–H groups in total. The second kappa shape index (κ2) is 10.7. The molecule has 0 radical (unpaired) electrons. The first-order chi connectivity index (χ1) is 20.9. The lowest BCUT2D eigenvalue weighted by Crippen LogP contribution is -2.25. The van der Waals surface area contributed by atoms with Gasteiger partial charge in [0.2, 0.25) is 10.0 Å². The van der Waals surface area contributed by atoms with Crippen molar-refractivity contribution in [2.45, 2.75) is 6.54 Å². The number of fused-ring (bicyclic) bond motifs is 2. The lowest BCUT2D eigenvalue weighted by Gasteiger charge is -2.20. The summed E-state index contributed by atoms with van der Waals surface area (Å²) in [4.78, 5) is 34.8. The molecule has 224 valence electrons. The topological polar surface area (TPSA) is 141 Å². The number of rotatable bonds is 7. The van der Waals surface area contributed by atoms with Crippen molar-refractivity contribution >= 4 is 43.7 Å². The number of anilines is 1. The number of nitrogens with one attached hydrogen (secondary N) is 1. The Hall–Kier alpha value is -5.37. The van der Waals surface area contributed by atoms with Crippen LogP contribution in [0.15, 0.2) is 80.6 Å². The van der Waals surface area contributed by atoms with Gasteiger partial charge in [-0.25, -0.2) is 22.2 Å². The molecule has 0 saturated carbocycles. The van der Waals surface area contributed by atoms with Gasteiger partial charge in [-0.2, -0.15) is 4.74 Å². The molecule has 4 heterocycles. The van der Waals surface area contributed by atoms with E-state index >= 15 is 0 Å². The van der Waals surface area contributed by atoms with Gasteiger partial charge < -0.3 is 14.3 Å². The van der Waals surface area contributed by atoms with Gasteiger partial charge in [0.05, 0.1) is 35.1 Å². The summed E-state index contributed by atoms with van der Waals surface area (Å²) in [7, 11) is -0.998. The molecule has 14 heteroatoms. The van der Waals surface area contributed by atoms with Gasteiger partial charge >= 0.3 is 5.56 Å². The van der Waals surface area contributed by atoms with Crippen LogP contribution in [0.3, 0.4) is 0 Å². The molecule has 6 aromatic rings. The molecule has 4 aromatic heterocycles. The van der Waals surface area contributed by atoms with Crippen LogP contribution < -0.4 is 15.2 Å². The number of pyridine rings is 2. The average Bonchev–Trinajstić information content (AvgIpc) is 3.53. The van der Waals surface area contributed by atoms with Gasteiger partial charge in [-0.3, -0.25) is 18.9 Å². The molecule has 1 amide bonds. The molecule has 0 spiro atoms. The zero-order valence-corrected chi connectivity index (χ0v) is 24.3. The minimum absolute atomic E-state index is 0.0385. The largest absolute Gasteiger partial charge is 0.455 e. The van der Waals surface area contributed by atoms with E-state index in [4.69, 9.17) is 8.94 Å². The van der Waals surface area contributed by atoms with E-state index in [0.717, 1.165) is 21.5 Å². The highest BCUT2D eigenvalue weighted by atomic mass is 32.2. The molecule has 0 unspecified atom stereocenters. The Labute approximate surface area is 248 Å². The zero-order chi connectivity index (χ0) is 31.3. The summed E-state index contributed by atoms with van der Waals surface area (Å²) in [5, 5.41) is 2.91. The first-order valence-corrected chi connectivity index (χ1v) is 14.9. The number of halogens is 2. The molecule has 0 fully saturated rings. The molecule has 44 heavy (non-hydrogen) atoms. The standard InChI is InChI=1S/C30H23F2N5O6S/c1-33-29(38)26-21-12-20(22-10-11-24-27(35-22)30(39)37(43-24)15-19-9-8-18(32)14-34-19)23(36(2)44(3,40)41)13-25(21)42-28(26)16-4-6-17(31)7-5-16/h4-14H,15H2,1-3H3,(H,33,38). The van der Waals surface area contributed by atoms with Gasteiger partial charge in [-0.1, -0.05) is 0 Å². The van der Waals surface area contributed by atoms with E-state index in [0.29, 0.717) is 16.6 Å². The Balaban J connectivity index is 1.57. The highest BCUT2D eigenvalue weighted by molar-refractivity contribution is 7.92. The third-order valence-corrected chi connectivity index (χ3v) is 8.26. The number of nitrogens with zero attached hydrogens (tertiary/aromatic N) is 4. The van der Waals surface area contributed by atoms with Gasteiger partial charge in [0.1, 0.15) is 29.5 Å². The molecule has 0 atom stereocenters. The highest BCUT2D eigenvalue weighted by Crippen LogP contribution is 2.41. The van der Waals surface area contributed by atoms with Crippen LogP contribution in [0.1, 0.15) is 16.1 Å². The van der Waals surface area contributed by atoms with E-state index in [2.05, 4.69) is 15.3 Å². The van der Waals surface area contributed by atoms with Crippen molar-refractivity contribution in [3.8, 4) is 22.6 Å². The first-order valence-electron chi connectivity index (χ1n) is 13.1. The van der Waals surface area contributed by atoms with Crippen molar-refractivity contribution in [1.29, 1.82) is 0 Å². The van der Waals surface area contributed by atoms with E-state index in [1.54, 1.807) is 12.1 Å². The van der Waals surface area contributed by atoms with E-state index < -0.39 is 33.1 Å². The fourth-order valence-corrected chi connectivity index (χ4v) is 5.29. The van der Waals surface area contributed by atoms with Crippen molar-refractivity contribution in [2.24, 2.45) is 0 Å². The Kier molecular flexibility index (Phi) is 7.00. The number of aromatic nitrogens is 3. The van der Waals surface area contributed by atoms with Crippen LogP contribution in [0.5, 0.6) is 0 Å². The van der Waals surface area contributed by atoms with Crippen LogP contribution in [0, 0.1) is 11.6 Å². The first kappa shape index (κ1) is 28.7. The quantitative estimate of drug-likeness (QED) is 0.275. The lowest BCUT2D eigenvalue weighted by atomic mass is 10.0. The summed E-state index contributed by atoms with van der Waals surface area (Å²) in [5.74, 6) is -1.33. The number of hydrogen-bond acceptors (Lipinski definition) is 8. The minimum atomic E-state index is -3.80. The second-order valence-electron chi connectivity index (χ2n) is 9.93. The molecule has 0 aliphatic carbocycles. The number of furan rings is 1. The highest BCUT2D eigenvalue weighted by Gasteiger charge is 2.27. The molecule has 11 nitrogen and oxygen atoms in total. The molecule has 0 saturated heterocycles. The predicted molar refractivity (Wildman–Crippen MR) is 159 cm³/mol. The van der Waals surface area contributed by atoms with Crippen LogP contribution in [0.4, 0.5) is 14.5 Å². The third kappa shape index (κ3) is 5.08. The molecule has 0 bridgehead atoms. The fourth-order valence-electron chi connectivity index (χ4n) is 4.78. The number of benzene rings is 2. The van der Waals surface area contributed by atoms with E-state index in [9.17, 15) is 26.8 Å². The molecule has 6 rings (SSSR count). The van der Waals surface area contributed by atoms with Crippen molar-refractivity contribution in [3.63, 3.8) is 0 Å². The van der Waals surface area contributed by atoms with Gasteiger partial charge in [-0.05, 0) is 54.6 Å². The Morgan fingerprint density at radius 1 is 1.02 bits per heavy atom. The Bertz CT molecular complexity index is 2240. The monoisotopic (exact) mass is 619 g/mol. The van der Waals surface area contributed by atoms with Crippen LogP contribution in [0.25, 0.3) is 44.7 Å². The fraction of sp³-hybridized carbons (Fsp3) is 0.133. The van der Waals surface area contributed by atoms with E-state index in [-0.39, 0.29) is 51.5 Å². The smallest absolute Gasteiger partial charge is 0.309 e. The summed E-state index contributed by atoms with van der Waals surface area (Å²) in [6.07, 6.45) is 2.05. The summed E-state index contributed by atoms with van der Waals surface area (Å²) in [6.45, 7) is -0.0739. The number of carbonyl (C=O) groups excluding carboxylic acids is 1.